The number of hydrogen-bond donors (Lipinski definition) is 1. The first kappa shape index (κ1) is 13.7. The first-order valence-electron chi connectivity index (χ1n) is 6.02. The van der Waals surface area contributed by atoms with Crippen molar-refractivity contribution >= 4 is 27.5 Å². The third-order valence-electron chi connectivity index (χ3n) is 2.55. The summed E-state index contributed by atoms with van der Waals surface area (Å²) in [7, 11) is 0. The molecule has 0 bridgehead atoms. The molecule has 102 valence electrons. The van der Waals surface area contributed by atoms with E-state index in [-0.39, 0.29) is 23.6 Å². The number of nitrogens with zero attached hydrogens (tertiary/aromatic N) is 2. The average molecular weight is 279 g/mol. The quantitative estimate of drug-likeness (QED) is 0.909. The van der Waals surface area contributed by atoms with Gasteiger partial charge in [0.1, 0.15) is 11.2 Å². The van der Waals surface area contributed by atoms with E-state index in [4.69, 9.17) is 0 Å². The van der Waals surface area contributed by atoms with E-state index in [2.05, 4.69) is 10.3 Å². The van der Waals surface area contributed by atoms with Gasteiger partial charge in [-0.25, -0.2) is 4.98 Å². The lowest BCUT2D eigenvalue weighted by molar-refractivity contribution is -0.123. The van der Waals surface area contributed by atoms with Gasteiger partial charge in [-0.15, -0.1) is 11.3 Å². The van der Waals surface area contributed by atoms with Crippen molar-refractivity contribution in [1.82, 2.24) is 14.9 Å². The number of nitrogens with one attached hydrogen (secondary N) is 1. The summed E-state index contributed by atoms with van der Waals surface area (Å²) in [4.78, 5) is 28.3. The minimum Gasteiger partial charge on any atom is -0.350 e. The van der Waals surface area contributed by atoms with Crippen molar-refractivity contribution in [2.75, 3.05) is 0 Å². The van der Waals surface area contributed by atoms with Crippen LogP contribution in [0.5, 0.6) is 0 Å². The number of amides is 1. The van der Waals surface area contributed by atoms with Crippen LogP contribution in [0.2, 0.25) is 0 Å². The monoisotopic (exact) mass is 279 g/mol. The summed E-state index contributed by atoms with van der Waals surface area (Å²) in [6.45, 7) is 7.62. The van der Waals surface area contributed by atoms with E-state index in [1.165, 1.54) is 22.2 Å². The van der Waals surface area contributed by atoms with Crippen LogP contribution >= 0.6 is 11.3 Å². The van der Waals surface area contributed by atoms with Crippen LogP contribution in [0.1, 0.15) is 26.3 Å². The minimum atomic E-state index is -0.308. The summed E-state index contributed by atoms with van der Waals surface area (Å²) in [5, 5.41) is 4.73. The van der Waals surface area contributed by atoms with Gasteiger partial charge in [-0.3, -0.25) is 14.2 Å². The molecule has 0 aliphatic rings. The molecule has 2 aromatic heterocycles. The van der Waals surface area contributed by atoms with E-state index >= 15 is 0 Å². The number of rotatable bonds is 2. The zero-order valence-corrected chi connectivity index (χ0v) is 12.3. The number of hydrogen-bond acceptors (Lipinski definition) is 4. The Hall–Kier alpha value is -1.69. The van der Waals surface area contributed by atoms with Crippen molar-refractivity contribution in [2.24, 2.45) is 0 Å². The smallest absolute Gasteiger partial charge is 0.271 e. The van der Waals surface area contributed by atoms with Crippen LogP contribution in [0, 0.1) is 6.92 Å². The Morgan fingerprint density at radius 2 is 2.16 bits per heavy atom. The molecule has 0 aliphatic heterocycles. The Morgan fingerprint density at radius 1 is 1.47 bits per heavy atom. The lowest BCUT2D eigenvalue weighted by atomic mass is 10.1. The average Bonchev–Trinajstić information content (AvgIpc) is 2.63. The van der Waals surface area contributed by atoms with Crippen molar-refractivity contribution in [2.45, 2.75) is 39.8 Å². The Bertz CT molecular complexity index is 679. The zero-order chi connectivity index (χ0) is 14.2. The fraction of sp³-hybridized carbons (Fsp3) is 0.462. The number of carbonyl (C=O) groups excluding carboxylic acids is 1. The van der Waals surface area contributed by atoms with Crippen molar-refractivity contribution in [3.63, 3.8) is 0 Å². The number of carbonyl (C=O) groups is 1. The summed E-state index contributed by atoms with van der Waals surface area (Å²) in [6, 6.07) is 0. The van der Waals surface area contributed by atoms with Crippen LogP contribution in [0.15, 0.2) is 16.5 Å². The van der Waals surface area contributed by atoms with E-state index in [1.54, 1.807) is 0 Å². The van der Waals surface area contributed by atoms with Crippen LogP contribution in [0.25, 0.3) is 10.2 Å². The second kappa shape index (κ2) is 4.77. The molecular weight excluding hydrogens is 262 g/mol. The highest BCUT2D eigenvalue weighted by Crippen LogP contribution is 2.19. The Balaban J connectivity index is 2.29. The molecule has 5 nitrogen and oxygen atoms in total. The molecule has 2 aromatic rings. The van der Waals surface area contributed by atoms with Crippen molar-refractivity contribution in [1.29, 1.82) is 0 Å². The molecule has 2 rings (SSSR count). The Morgan fingerprint density at radius 3 is 2.79 bits per heavy atom. The largest absolute Gasteiger partial charge is 0.350 e. The second-order valence-electron chi connectivity index (χ2n) is 5.57. The maximum absolute atomic E-state index is 12.2. The molecule has 0 spiro atoms. The molecule has 0 radical (unpaired) electrons. The Labute approximate surface area is 115 Å². The molecule has 6 heteroatoms. The van der Waals surface area contributed by atoms with Crippen molar-refractivity contribution in [3.05, 3.63) is 27.6 Å². The van der Waals surface area contributed by atoms with Gasteiger partial charge >= 0.3 is 0 Å². The van der Waals surface area contributed by atoms with E-state index in [0.717, 1.165) is 11.1 Å². The molecule has 0 atom stereocenters. The Kier molecular flexibility index (Phi) is 3.45. The molecule has 0 saturated heterocycles. The highest BCUT2D eigenvalue weighted by atomic mass is 32.1. The predicted molar refractivity (Wildman–Crippen MR) is 76.5 cm³/mol. The molecule has 0 fully saturated rings. The van der Waals surface area contributed by atoms with Crippen LogP contribution in [-0.2, 0) is 11.3 Å². The lowest BCUT2D eigenvalue weighted by Gasteiger charge is -2.20. The van der Waals surface area contributed by atoms with Gasteiger partial charge < -0.3 is 5.32 Å². The first-order valence-corrected chi connectivity index (χ1v) is 6.90. The van der Waals surface area contributed by atoms with E-state index < -0.39 is 0 Å². The maximum atomic E-state index is 12.2. The number of thiophene rings is 1. The number of aromatic nitrogens is 2. The van der Waals surface area contributed by atoms with Gasteiger partial charge in [0.15, 0.2) is 0 Å². The normalized spacial score (nSPS) is 11.8. The van der Waals surface area contributed by atoms with Gasteiger partial charge in [0.2, 0.25) is 5.91 Å². The highest BCUT2D eigenvalue weighted by Gasteiger charge is 2.15. The third-order valence-corrected chi connectivity index (χ3v) is 3.63. The van der Waals surface area contributed by atoms with Crippen LogP contribution in [-0.4, -0.2) is 21.0 Å². The summed E-state index contributed by atoms with van der Waals surface area (Å²) >= 11 is 1.37. The molecule has 2 heterocycles. The second-order valence-corrected chi connectivity index (χ2v) is 6.45. The molecular formula is C13H17N3O2S. The van der Waals surface area contributed by atoms with Gasteiger partial charge in [-0.05, 0) is 38.6 Å². The summed E-state index contributed by atoms with van der Waals surface area (Å²) in [6.07, 6.45) is 1.44. The molecule has 1 N–H and O–H groups in total. The number of aryl methyl sites for hydroxylation is 1. The van der Waals surface area contributed by atoms with Crippen molar-refractivity contribution < 1.29 is 4.79 Å². The summed E-state index contributed by atoms with van der Waals surface area (Å²) in [5.41, 5.74) is 1.25. The van der Waals surface area contributed by atoms with Crippen LogP contribution in [0.3, 0.4) is 0 Å². The maximum Gasteiger partial charge on any atom is 0.271 e. The zero-order valence-electron chi connectivity index (χ0n) is 11.5. The highest BCUT2D eigenvalue weighted by molar-refractivity contribution is 7.17. The van der Waals surface area contributed by atoms with Crippen molar-refractivity contribution in [3.8, 4) is 0 Å². The topological polar surface area (TPSA) is 64.0 Å². The van der Waals surface area contributed by atoms with Gasteiger partial charge in [0.05, 0.1) is 11.8 Å². The minimum absolute atomic E-state index is 0.00398. The summed E-state index contributed by atoms with van der Waals surface area (Å²) < 4.78 is 1.95. The standard InChI is InChI=1S/C13H17N3O2S/c1-8-6-19-11-10(8)14-7-16(12(11)18)5-9(17)15-13(2,3)4/h6-7H,5H2,1-4H3,(H,15,17). The van der Waals surface area contributed by atoms with Crippen LogP contribution < -0.4 is 10.9 Å². The predicted octanol–water partition coefficient (Wildman–Crippen LogP) is 1.68. The van der Waals surface area contributed by atoms with Gasteiger partial charge in [-0.1, -0.05) is 0 Å². The lowest BCUT2D eigenvalue weighted by Crippen LogP contribution is -2.43. The fourth-order valence-corrected chi connectivity index (χ4v) is 2.74. The van der Waals surface area contributed by atoms with E-state index in [1.807, 2.05) is 33.1 Å². The van der Waals surface area contributed by atoms with Crippen LogP contribution in [0.4, 0.5) is 0 Å². The third kappa shape index (κ3) is 3.01. The SMILES string of the molecule is Cc1csc2c(=O)n(CC(=O)NC(C)(C)C)cnc12. The number of fused-ring (bicyclic) bond motifs is 1. The first-order chi connectivity index (χ1) is 8.78. The van der Waals surface area contributed by atoms with Gasteiger partial charge in [-0.2, -0.15) is 0 Å². The van der Waals surface area contributed by atoms with Gasteiger partial charge in [0.25, 0.3) is 5.56 Å². The van der Waals surface area contributed by atoms with E-state index in [9.17, 15) is 9.59 Å². The molecule has 0 aromatic carbocycles. The molecule has 1 amide bonds. The fourth-order valence-electron chi connectivity index (χ4n) is 1.79. The molecule has 0 unspecified atom stereocenters. The van der Waals surface area contributed by atoms with Gasteiger partial charge in [0, 0.05) is 5.54 Å². The molecule has 0 saturated carbocycles. The van der Waals surface area contributed by atoms with E-state index in [0.29, 0.717) is 4.70 Å². The summed E-state index contributed by atoms with van der Waals surface area (Å²) in [5.74, 6) is -0.191. The molecule has 19 heavy (non-hydrogen) atoms. The molecule has 0 aliphatic carbocycles.